The van der Waals surface area contributed by atoms with Gasteiger partial charge in [-0.15, -0.1) is 0 Å². The maximum absolute atomic E-state index is 11.6. The lowest BCUT2D eigenvalue weighted by Crippen LogP contribution is -2.30. The summed E-state index contributed by atoms with van der Waals surface area (Å²) in [6.45, 7) is 7.79. The largest absolute Gasteiger partial charge is 0.494 e. The molecule has 112 valence electrons. The first-order chi connectivity index (χ1) is 9.61. The average molecular weight is 280 g/mol. The number of hydrogen-bond donors (Lipinski definition) is 2. The molecule has 0 aromatic heterocycles. The zero-order chi connectivity index (χ0) is 14.8. The summed E-state index contributed by atoms with van der Waals surface area (Å²) in [5, 5.41) is 5.55. The number of nitrogens with one attached hydrogen (secondary N) is 2. The van der Waals surface area contributed by atoms with Crippen molar-refractivity contribution in [3.05, 3.63) is 24.3 Å². The third-order valence-corrected chi connectivity index (χ3v) is 2.48. The van der Waals surface area contributed by atoms with Crippen LogP contribution in [-0.4, -0.2) is 31.9 Å². The zero-order valence-electron chi connectivity index (χ0n) is 12.4. The summed E-state index contributed by atoms with van der Waals surface area (Å²) in [4.78, 5) is 11.6. The quantitative estimate of drug-likeness (QED) is 0.720. The van der Waals surface area contributed by atoms with Crippen molar-refractivity contribution in [3.63, 3.8) is 0 Å². The summed E-state index contributed by atoms with van der Waals surface area (Å²) in [6, 6.07) is 7.07. The maximum Gasteiger partial charge on any atom is 0.319 e. The van der Waals surface area contributed by atoms with Crippen LogP contribution in [0.25, 0.3) is 0 Å². The van der Waals surface area contributed by atoms with Crippen LogP contribution in [0.4, 0.5) is 10.5 Å². The summed E-state index contributed by atoms with van der Waals surface area (Å²) >= 11 is 0. The Kier molecular flexibility index (Phi) is 7.50. The average Bonchev–Trinajstić information content (AvgIpc) is 2.40. The highest BCUT2D eigenvalue weighted by Crippen LogP contribution is 2.15. The Morgan fingerprint density at radius 2 is 1.95 bits per heavy atom. The van der Waals surface area contributed by atoms with Gasteiger partial charge in [-0.1, -0.05) is 0 Å². The van der Waals surface area contributed by atoms with Gasteiger partial charge in [0.2, 0.25) is 0 Å². The van der Waals surface area contributed by atoms with Gasteiger partial charge in [0.05, 0.1) is 12.7 Å². The van der Waals surface area contributed by atoms with Crippen molar-refractivity contribution in [2.45, 2.75) is 33.3 Å². The molecule has 0 fully saturated rings. The Balaban J connectivity index is 2.21. The minimum Gasteiger partial charge on any atom is -0.494 e. The second-order valence-electron chi connectivity index (χ2n) is 4.61. The second-order valence-corrected chi connectivity index (χ2v) is 4.61. The van der Waals surface area contributed by atoms with E-state index >= 15 is 0 Å². The molecule has 1 aromatic rings. The molecule has 0 saturated carbocycles. The Labute approximate surface area is 120 Å². The van der Waals surface area contributed by atoms with Gasteiger partial charge < -0.3 is 20.1 Å². The molecule has 2 N–H and O–H groups in total. The number of anilines is 1. The van der Waals surface area contributed by atoms with E-state index in [9.17, 15) is 4.79 Å². The number of carbonyl (C=O) groups excluding carboxylic acids is 1. The predicted molar refractivity (Wildman–Crippen MR) is 80.3 cm³/mol. The van der Waals surface area contributed by atoms with Crippen molar-refractivity contribution in [2.75, 3.05) is 25.1 Å². The molecule has 0 atom stereocenters. The third kappa shape index (κ3) is 6.99. The van der Waals surface area contributed by atoms with E-state index in [1.165, 1.54) is 0 Å². The van der Waals surface area contributed by atoms with E-state index in [0.29, 0.717) is 19.8 Å². The van der Waals surface area contributed by atoms with Crippen LogP contribution in [0.15, 0.2) is 24.3 Å². The molecule has 1 rings (SSSR count). The van der Waals surface area contributed by atoms with Gasteiger partial charge in [0.15, 0.2) is 0 Å². The predicted octanol–water partition coefficient (Wildman–Crippen LogP) is 3.02. The van der Waals surface area contributed by atoms with E-state index in [4.69, 9.17) is 9.47 Å². The Morgan fingerprint density at radius 1 is 1.25 bits per heavy atom. The number of ether oxygens (including phenoxy) is 2. The van der Waals surface area contributed by atoms with Gasteiger partial charge in [0.25, 0.3) is 0 Å². The van der Waals surface area contributed by atoms with Gasteiger partial charge in [0, 0.05) is 18.8 Å². The molecular weight excluding hydrogens is 256 g/mol. The molecule has 0 unspecified atom stereocenters. The first-order valence-corrected chi connectivity index (χ1v) is 7.01. The third-order valence-electron chi connectivity index (χ3n) is 2.48. The first kappa shape index (κ1) is 16.3. The molecule has 0 aliphatic carbocycles. The molecule has 5 heteroatoms. The Morgan fingerprint density at radius 3 is 2.55 bits per heavy atom. The summed E-state index contributed by atoms with van der Waals surface area (Å²) in [5.41, 5.74) is 0.740. The minimum atomic E-state index is -0.210. The van der Waals surface area contributed by atoms with Crippen molar-refractivity contribution in [2.24, 2.45) is 0 Å². The molecule has 0 aliphatic heterocycles. The molecule has 0 heterocycles. The molecule has 0 radical (unpaired) electrons. The smallest absolute Gasteiger partial charge is 0.319 e. The molecule has 0 aliphatic rings. The Hall–Kier alpha value is -1.75. The van der Waals surface area contributed by atoms with Crippen LogP contribution in [0.1, 0.15) is 27.2 Å². The van der Waals surface area contributed by atoms with Crippen LogP contribution in [0.5, 0.6) is 5.75 Å². The lowest BCUT2D eigenvalue weighted by atomic mass is 10.3. The van der Waals surface area contributed by atoms with Gasteiger partial charge >= 0.3 is 6.03 Å². The van der Waals surface area contributed by atoms with Gasteiger partial charge in [-0.05, 0) is 51.5 Å². The monoisotopic (exact) mass is 280 g/mol. The number of benzene rings is 1. The zero-order valence-corrected chi connectivity index (χ0v) is 12.4. The number of urea groups is 1. The lowest BCUT2D eigenvalue weighted by Gasteiger charge is -2.10. The van der Waals surface area contributed by atoms with Gasteiger partial charge in [-0.2, -0.15) is 0 Å². The van der Waals surface area contributed by atoms with E-state index in [-0.39, 0.29) is 12.1 Å². The summed E-state index contributed by atoms with van der Waals surface area (Å²) in [5.74, 6) is 0.796. The number of rotatable bonds is 8. The second kappa shape index (κ2) is 9.20. The highest BCUT2D eigenvalue weighted by molar-refractivity contribution is 5.89. The molecule has 1 aromatic carbocycles. The fourth-order valence-electron chi connectivity index (χ4n) is 1.57. The molecule has 0 spiro atoms. The van der Waals surface area contributed by atoms with Gasteiger partial charge in [0.1, 0.15) is 5.75 Å². The fraction of sp³-hybridized carbons (Fsp3) is 0.533. The van der Waals surface area contributed by atoms with Crippen molar-refractivity contribution in [3.8, 4) is 5.75 Å². The summed E-state index contributed by atoms with van der Waals surface area (Å²) < 4.78 is 10.7. The Bertz CT molecular complexity index is 391. The van der Waals surface area contributed by atoms with Crippen LogP contribution >= 0.6 is 0 Å². The highest BCUT2D eigenvalue weighted by atomic mass is 16.5. The van der Waals surface area contributed by atoms with Crippen molar-refractivity contribution >= 4 is 11.7 Å². The molecular formula is C15H24N2O3. The van der Waals surface area contributed by atoms with Crippen LogP contribution in [0, 0.1) is 0 Å². The van der Waals surface area contributed by atoms with E-state index < -0.39 is 0 Å². The topological polar surface area (TPSA) is 59.6 Å². The fourth-order valence-corrected chi connectivity index (χ4v) is 1.57. The first-order valence-electron chi connectivity index (χ1n) is 7.01. The van der Waals surface area contributed by atoms with Crippen molar-refractivity contribution in [1.82, 2.24) is 5.32 Å². The van der Waals surface area contributed by atoms with E-state index in [1.54, 1.807) is 0 Å². The van der Waals surface area contributed by atoms with E-state index in [1.807, 2.05) is 45.0 Å². The number of carbonyl (C=O) groups is 1. The molecule has 0 saturated heterocycles. The van der Waals surface area contributed by atoms with Crippen LogP contribution in [0.2, 0.25) is 0 Å². The number of amides is 2. The van der Waals surface area contributed by atoms with Crippen LogP contribution in [-0.2, 0) is 4.74 Å². The van der Waals surface area contributed by atoms with Crippen LogP contribution < -0.4 is 15.4 Å². The molecule has 0 bridgehead atoms. The normalized spacial score (nSPS) is 10.4. The van der Waals surface area contributed by atoms with Gasteiger partial charge in [-0.3, -0.25) is 0 Å². The van der Waals surface area contributed by atoms with Gasteiger partial charge in [-0.25, -0.2) is 4.79 Å². The van der Waals surface area contributed by atoms with Crippen LogP contribution in [0.3, 0.4) is 0 Å². The SMILES string of the molecule is CCOc1ccc(NC(=O)NCCCOC(C)C)cc1. The number of hydrogen-bond acceptors (Lipinski definition) is 3. The maximum atomic E-state index is 11.6. The van der Waals surface area contributed by atoms with E-state index in [2.05, 4.69) is 10.6 Å². The summed E-state index contributed by atoms with van der Waals surface area (Å²) in [7, 11) is 0. The highest BCUT2D eigenvalue weighted by Gasteiger charge is 2.01. The molecule has 2 amide bonds. The van der Waals surface area contributed by atoms with Crippen molar-refractivity contribution in [1.29, 1.82) is 0 Å². The summed E-state index contributed by atoms with van der Waals surface area (Å²) in [6.07, 6.45) is 1.03. The lowest BCUT2D eigenvalue weighted by molar-refractivity contribution is 0.0775. The molecule has 5 nitrogen and oxygen atoms in total. The van der Waals surface area contributed by atoms with Crippen molar-refractivity contribution < 1.29 is 14.3 Å². The minimum absolute atomic E-state index is 0.210. The van der Waals surface area contributed by atoms with E-state index in [0.717, 1.165) is 17.9 Å². The molecule has 20 heavy (non-hydrogen) atoms. The standard InChI is InChI=1S/C15H24N2O3/c1-4-19-14-8-6-13(7-9-14)17-15(18)16-10-5-11-20-12(2)3/h6-9,12H,4-5,10-11H2,1-3H3,(H2,16,17,18).